The predicted molar refractivity (Wildman–Crippen MR) is 99.6 cm³/mol. The van der Waals surface area contributed by atoms with E-state index in [2.05, 4.69) is 9.88 Å². The van der Waals surface area contributed by atoms with Crippen LogP contribution in [-0.2, 0) is 11.3 Å². The second-order valence-corrected chi connectivity index (χ2v) is 7.44. The van der Waals surface area contributed by atoms with Crippen LogP contribution in [0.15, 0.2) is 48.8 Å². The van der Waals surface area contributed by atoms with Crippen LogP contribution in [0.5, 0.6) is 5.75 Å². The summed E-state index contributed by atoms with van der Waals surface area (Å²) >= 11 is 0. The summed E-state index contributed by atoms with van der Waals surface area (Å²) in [5.74, 6) is 0.719. The average molecular weight is 369 g/mol. The van der Waals surface area contributed by atoms with Gasteiger partial charge in [0.15, 0.2) is 6.61 Å². The third kappa shape index (κ3) is 4.45. The third-order valence-electron chi connectivity index (χ3n) is 5.44. The van der Waals surface area contributed by atoms with Crippen molar-refractivity contribution >= 4 is 5.91 Å². The highest BCUT2D eigenvalue weighted by Gasteiger charge is 2.37. The fourth-order valence-electron chi connectivity index (χ4n) is 4.12. The third-order valence-corrected chi connectivity index (χ3v) is 5.44. The summed E-state index contributed by atoms with van der Waals surface area (Å²) in [4.78, 5) is 21.3. The van der Waals surface area contributed by atoms with Gasteiger partial charge in [-0.1, -0.05) is 0 Å². The normalized spacial score (nSPS) is 22.5. The molecule has 2 atom stereocenters. The Morgan fingerprint density at radius 2 is 1.85 bits per heavy atom. The SMILES string of the molecule is O=C(COc1ccc(F)cc1)N1CC2CCC1CN(Cc1ccncc1)C2. The lowest BCUT2D eigenvalue weighted by atomic mass is 9.95. The lowest BCUT2D eigenvalue weighted by Gasteiger charge is -2.36. The quantitative estimate of drug-likeness (QED) is 0.813. The molecular weight excluding hydrogens is 345 g/mol. The van der Waals surface area contributed by atoms with Gasteiger partial charge in [-0.3, -0.25) is 14.7 Å². The maximum atomic E-state index is 13.0. The summed E-state index contributed by atoms with van der Waals surface area (Å²) < 4.78 is 18.5. The van der Waals surface area contributed by atoms with Crippen LogP contribution in [0, 0.1) is 11.7 Å². The van der Waals surface area contributed by atoms with Crippen molar-refractivity contribution in [3.8, 4) is 5.75 Å². The Labute approximate surface area is 158 Å². The van der Waals surface area contributed by atoms with Crippen LogP contribution in [0.4, 0.5) is 4.39 Å². The lowest BCUT2D eigenvalue weighted by Crippen LogP contribution is -2.49. The number of rotatable bonds is 5. The largest absolute Gasteiger partial charge is 0.484 e. The van der Waals surface area contributed by atoms with Crippen molar-refractivity contribution in [3.63, 3.8) is 0 Å². The van der Waals surface area contributed by atoms with Crippen molar-refractivity contribution in [3.05, 3.63) is 60.2 Å². The topological polar surface area (TPSA) is 45.7 Å². The number of ether oxygens (including phenoxy) is 1. The van der Waals surface area contributed by atoms with Gasteiger partial charge in [-0.2, -0.15) is 0 Å². The van der Waals surface area contributed by atoms with Gasteiger partial charge in [0, 0.05) is 44.6 Å². The number of piperidine rings is 1. The predicted octanol–water partition coefficient (Wildman–Crippen LogP) is 2.72. The number of hydrogen-bond acceptors (Lipinski definition) is 4. The number of carbonyl (C=O) groups is 1. The van der Waals surface area contributed by atoms with Crippen LogP contribution >= 0.6 is 0 Å². The highest BCUT2D eigenvalue weighted by molar-refractivity contribution is 5.78. The van der Waals surface area contributed by atoms with Gasteiger partial charge in [0.1, 0.15) is 11.6 Å². The molecule has 3 fully saturated rings. The molecule has 2 bridgehead atoms. The molecule has 1 amide bonds. The van der Waals surface area contributed by atoms with Crippen molar-refractivity contribution in [1.82, 2.24) is 14.8 Å². The first-order valence-electron chi connectivity index (χ1n) is 9.46. The summed E-state index contributed by atoms with van der Waals surface area (Å²) in [7, 11) is 0. The molecule has 0 aliphatic carbocycles. The van der Waals surface area contributed by atoms with Crippen LogP contribution in [0.3, 0.4) is 0 Å². The van der Waals surface area contributed by atoms with E-state index in [-0.39, 0.29) is 24.4 Å². The van der Waals surface area contributed by atoms with E-state index < -0.39 is 0 Å². The highest BCUT2D eigenvalue weighted by Crippen LogP contribution is 2.29. The smallest absolute Gasteiger partial charge is 0.260 e. The van der Waals surface area contributed by atoms with Gasteiger partial charge in [-0.05, 0) is 60.7 Å². The number of amides is 1. The zero-order valence-electron chi connectivity index (χ0n) is 15.3. The van der Waals surface area contributed by atoms with Crippen molar-refractivity contribution in [2.75, 3.05) is 26.2 Å². The number of nitrogens with zero attached hydrogens (tertiary/aromatic N) is 3. The van der Waals surface area contributed by atoms with E-state index in [4.69, 9.17) is 4.74 Å². The Morgan fingerprint density at radius 3 is 2.63 bits per heavy atom. The fourth-order valence-corrected chi connectivity index (χ4v) is 4.12. The molecule has 1 aromatic carbocycles. The van der Waals surface area contributed by atoms with E-state index in [0.29, 0.717) is 11.7 Å². The molecule has 4 heterocycles. The van der Waals surface area contributed by atoms with Crippen LogP contribution in [-0.4, -0.2) is 53.0 Å². The Bertz CT molecular complexity index is 769. The van der Waals surface area contributed by atoms with Crippen LogP contribution in [0.2, 0.25) is 0 Å². The van der Waals surface area contributed by atoms with E-state index in [0.717, 1.165) is 32.6 Å². The molecule has 3 aliphatic heterocycles. The van der Waals surface area contributed by atoms with E-state index in [9.17, 15) is 9.18 Å². The second kappa shape index (κ2) is 8.05. The minimum Gasteiger partial charge on any atom is -0.484 e. The Hall–Kier alpha value is -2.47. The fraction of sp³-hybridized carbons (Fsp3) is 0.429. The number of aromatic nitrogens is 1. The van der Waals surface area contributed by atoms with E-state index in [1.54, 1.807) is 12.1 Å². The second-order valence-electron chi connectivity index (χ2n) is 7.44. The van der Waals surface area contributed by atoms with Crippen LogP contribution in [0.25, 0.3) is 0 Å². The molecule has 0 spiro atoms. The van der Waals surface area contributed by atoms with Gasteiger partial charge in [0.2, 0.25) is 0 Å². The maximum absolute atomic E-state index is 13.0. The Morgan fingerprint density at radius 1 is 1.07 bits per heavy atom. The molecule has 27 heavy (non-hydrogen) atoms. The van der Waals surface area contributed by atoms with E-state index >= 15 is 0 Å². The molecule has 5 rings (SSSR count). The van der Waals surface area contributed by atoms with Crippen molar-refractivity contribution in [2.45, 2.75) is 25.4 Å². The first kappa shape index (κ1) is 17.9. The Kier molecular flexibility index (Phi) is 5.34. The molecule has 0 saturated carbocycles. The summed E-state index contributed by atoms with van der Waals surface area (Å²) in [6, 6.07) is 10.1. The van der Waals surface area contributed by atoms with E-state index in [1.807, 2.05) is 29.4 Å². The minimum absolute atomic E-state index is 0.000787. The monoisotopic (exact) mass is 369 g/mol. The summed E-state index contributed by atoms with van der Waals surface area (Å²) in [6.45, 7) is 3.59. The number of benzene rings is 1. The molecular formula is C21H24FN3O2. The maximum Gasteiger partial charge on any atom is 0.260 e. The number of pyridine rings is 1. The number of hydrogen-bond donors (Lipinski definition) is 0. The number of carbonyl (C=O) groups excluding carboxylic acids is 1. The molecule has 2 aromatic rings. The first-order valence-corrected chi connectivity index (χ1v) is 9.46. The number of fused-ring (bicyclic) bond motifs is 4. The van der Waals surface area contributed by atoms with Gasteiger partial charge in [0.25, 0.3) is 5.91 Å². The van der Waals surface area contributed by atoms with Gasteiger partial charge in [-0.25, -0.2) is 4.39 Å². The minimum atomic E-state index is -0.312. The summed E-state index contributed by atoms with van der Waals surface area (Å²) in [6.07, 6.45) is 5.86. The zero-order valence-corrected chi connectivity index (χ0v) is 15.3. The average Bonchev–Trinajstić information content (AvgIpc) is 2.99. The Balaban J connectivity index is 1.36. The standard InChI is InChI=1S/C21H24FN3O2/c22-18-2-5-20(6-3-18)27-15-21(26)25-13-17-1-4-19(25)14-24(12-17)11-16-7-9-23-10-8-16/h2-3,5-10,17,19H,1,4,11-15H2. The molecule has 1 aromatic heterocycles. The summed E-state index contributed by atoms with van der Waals surface area (Å²) in [5, 5.41) is 0. The molecule has 0 radical (unpaired) electrons. The van der Waals surface area contributed by atoms with Crippen molar-refractivity contribution < 1.29 is 13.9 Å². The van der Waals surface area contributed by atoms with Gasteiger partial charge in [0.05, 0.1) is 0 Å². The van der Waals surface area contributed by atoms with Crippen LogP contribution < -0.4 is 4.74 Å². The molecule has 2 unspecified atom stereocenters. The van der Waals surface area contributed by atoms with Crippen molar-refractivity contribution in [2.24, 2.45) is 5.92 Å². The van der Waals surface area contributed by atoms with Gasteiger partial charge < -0.3 is 9.64 Å². The number of halogens is 1. The highest BCUT2D eigenvalue weighted by atomic mass is 19.1. The zero-order chi connectivity index (χ0) is 18.6. The molecule has 5 nitrogen and oxygen atoms in total. The van der Waals surface area contributed by atoms with Crippen molar-refractivity contribution in [1.29, 1.82) is 0 Å². The lowest BCUT2D eigenvalue weighted by molar-refractivity contribution is -0.137. The molecule has 6 heteroatoms. The van der Waals surface area contributed by atoms with Crippen LogP contribution in [0.1, 0.15) is 18.4 Å². The van der Waals surface area contributed by atoms with E-state index in [1.165, 1.54) is 24.1 Å². The molecule has 3 saturated heterocycles. The first-order chi connectivity index (χ1) is 13.2. The van der Waals surface area contributed by atoms with Gasteiger partial charge in [-0.15, -0.1) is 0 Å². The molecule has 0 N–H and O–H groups in total. The molecule has 142 valence electrons. The van der Waals surface area contributed by atoms with Gasteiger partial charge >= 0.3 is 0 Å². The molecule has 3 aliphatic rings. The summed E-state index contributed by atoms with van der Waals surface area (Å²) in [5.41, 5.74) is 1.25.